The van der Waals surface area contributed by atoms with Crippen molar-refractivity contribution >= 4 is 17.5 Å². The lowest BCUT2D eigenvalue weighted by Crippen LogP contribution is -2.24. The van der Waals surface area contributed by atoms with E-state index < -0.39 is 0 Å². The number of rotatable bonds is 10. The molecule has 3 rings (SSSR count). The third-order valence-corrected chi connectivity index (χ3v) is 4.80. The van der Waals surface area contributed by atoms with Gasteiger partial charge < -0.3 is 15.4 Å². The minimum absolute atomic E-state index is 0.140. The van der Waals surface area contributed by atoms with Crippen molar-refractivity contribution in [3.63, 3.8) is 0 Å². The smallest absolute Gasteiger partial charge is 0.255 e. The fraction of sp³-hybridized carbons (Fsp3) is 0.231. The minimum Gasteiger partial charge on any atom is -0.493 e. The Labute approximate surface area is 183 Å². The van der Waals surface area contributed by atoms with E-state index in [1.54, 1.807) is 42.5 Å². The molecular weight excluding hydrogens is 388 g/mol. The van der Waals surface area contributed by atoms with Crippen LogP contribution in [0.2, 0.25) is 0 Å². The Kier molecular flexibility index (Phi) is 8.23. The first kappa shape index (κ1) is 22.1. The molecule has 0 heterocycles. The summed E-state index contributed by atoms with van der Waals surface area (Å²) in [6, 6.07) is 24.1. The lowest BCUT2D eigenvalue weighted by atomic mass is 10.1. The summed E-state index contributed by atoms with van der Waals surface area (Å²) in [6.07, 6.45) is 2.75. The van der Waals surface area contributed by atoms with E-state index in [0.29, 0.717) is 35.7 Å². The Balaban J connectivity index is 1.57. The maximum atomic E-state index is 12.7. The second-order valence-corrected chi connectivity index (χ2v) is 7.26. The quantitative estimate of drug-likeness (QED) is 0.452. The van der Waals surface area contributed by atoms with E-state index in [-0.39, 0.29) is 11.8 Å². The molecule has 31 heavy (non-hydrogen) atoms. The fourth-order valence-corrected chi connectivity index (χ4v) is 3.08. The van der Waals surface area contributed by atoms with Crippen molar-refractivity contribution in [2.45, 2.75) is 26.2 Å². The second-order valence-electron chi connectivity index (χ2n) is 7.26. The molecule has 0 radical (unpaired) electrons. The molecule has 2 N–H and O–H groups in total. The molecular formula is C26H28N2O3. The first-order chi connectivity index (χ1) is 15.2. The highest BCUT2D eigenvalue weighted by atomic mass is 16.5. The van der Waals surface area contributed by atoms with E-state index >= 15 is 0 Å². The van der Waals surface area contributed by atoms with Gasteiger partial charge >= 0.3 is 0 Å². The van der Waals surface area contributed by atoms with Gasteiger partial charge in [0, 0.05) is 29.8 Å². The standard InChI is InChI=1S/C26H28N2O3/c1-2-3-16-27-25(29)21-11-7-13-23(18-21)28-26(30)22-12-8-14-24(19-22)31-17-15-20-9-5-4-6-10-20/h4-14,18-19H,2-3,15-17H2,1H3,(H,27,29)(H,28,30). The Morgan fingerprint density at radius 3 is 2.35 bits per heavy atom. The van der Waals surface area contributed by atoms with E-state index in [2.05, 4.69) is 29.7 Å². The van der Waals surface area contributed by atoms with E-state index in [9.17, 15) is 9.59 Å². The van der Waals surface area contributed by atoms with Gasteiger partial charge in [0.2, 0.25) is 0 Å². The van der Waals surface area contributed by atoms with Gasteiger partial charge in [-0.05, 0) is 48.4 Å². The minimum atomic E-state index is -0.253. The van der Waals surface area contributed by atoms with Crippen LogP contribution in [0.15, 0.2) is 78.9 Å². The Morgan fingerprint density at radius 1 is 0.839 bits per heavy atom. The summed E-state index contributed by atoms with van der Waals surface area (Å²) >= 11 is 0. The van der Waals surface area contributed by atoms with Crippen molar-refractivity contribution in [3.05, 3.63) is 95.6 Å². The number of hydrogen-bond acceptors (Lipinski definition) is 3. The number of unbranched alkanes of at least 4 members (excludes halogenated alkanes) is 1. The number of benzene rings is 3. The van der Waals surface area contributed by atoms with Crippen molar-refractivity contribution in [1.29, 1.82) is 0 Å². The topological polar surface area (TPSA) is 67.4 Å². The summed E-state index contributed by atoms with van der Waals surface area (Å²) in [5.41, 5.74) is 2.79. The van der Waals surface area contributed by atoms with Gasteiger partial charge in [0.1, 0.15) is 5.75 Å². The third kappa shape index (κ3) is 7.00. The van der Waals surface area contributed by atoms with Crippen molar-refractivity contribution in [1.82, 2.24) is 5.32 Å². The summed E-state index contributed by atoms with van der Waals surface area (Å²) in [5.74, 6) is 0.253. The van der Waals surface area contributed by atoms with Crippen LogP contribution >= 0.6 is 0 Å². The average Bonchev–Trinajstić information content (AvgIpc) is 2.80. The lowest BCUT2D eigenvalue weighted by Gasteiger charge is -2.10. The van der Waals surface area contributed by atoms with Gasteiger partial charge in [-0.25, -0.2) is 0 Å². The molecule has 0 atom stereocenters. The van der Waals surface area contributed by atoms with E-state index in [1.807, 2.05) is 24.3 Å². The van der Waals surface area contributed by atoms with Crippen LogP contribution in [-0.4, -0.2) is 25.0 Å². The van der Waals surface area contributed by atoms with E-state index in [1.165, 1.54) is 5.56 Å². The van der Waals surface area contributed by atoms with Crippen LogP contribution in [0, 0.1) is 0 Å². The Hall–Kier alpha value is -3.60. The van der Waals surface area contributed by atoms with Crippen LogP contribution in [0.5, 0.6) is 5.75 Å². The van der Waals surface area contributed by atoms with Crippen LogP contribution < -0.4 is 15.4 Å². The molecule has 0 fully saturated rings. The fourth-order valence-electron chi connectivity index (χ4n) is 3.08. The van der Waals surface area contributed by atoms with Crippen molar-refractivity contribution < 1.29 is 14.3 Å². The van der Waals surface area contributed by atoms with Crippen LogP contribution in [0.4, 0.5) is 5.69 Å². The SMILES string of the molecule is CCCCNC(=O)c1cccc(NC(=O)c2cccc(OCCc3ccccc3)c2)c1. The first-order valence-electron chi connectivity index (χ1n) is 10.6. The van der Waals surface area contributed by atoms with Crippen molar-refractivity contribution in [2.75, 3.05) is 18.5 Å². The zero-order chi connectivity index (χ0) is 21.9. The van der Waals surface area contributed by atoms with Gasteiger partial charge in [-0.2, -0.15) is 0 Å². The van der Waals surface area contributed by atoms with Gasteiger partial charge in [-0.1, -0.05) is 55.8 Å². The molecule has 0 aromatic heterocycles. The Bertz CT molecular complexity index is 1000. The zero-order valence-electron chi connectivity index (χ0n) is 17.8. The molecule has 0 bridgehead atoms. The first-order valence-corrected chi connectivity index (χ1v) is 10.6. The number of hydrogen-bond donors (Lipinski definition) is 2. The maximum absolute atomic E-state index is 12.7. The van der Waals surface area contributed by atoms with Crippen LogP contribution in [-0.2, 0) is 6.42 Å². The number of ether oxygens (including phenoxy) is 1. The molecule has 0 aliphatic rings. The average molecular weight is 417 g/mol. The summed E-state index contributed by atoms with van der Waals surface area (Å²) < 4.78 is 5.82. The monoisotopic (exact) mass is 416 g/mol. The summed E-state index contributed by atoms with van der Waals surface area (Å²) in [4.78, 5) is 24.9. The van der Waals surface area contributed by atoms with Crippen LogP contribution in [0.1, 0.15) is 46.0 Å². The summed E-state index contributed by atoms with van der Waals surface area (Å²) in [6.45, 7) is 3.25. The van der Waals surface area contributed by atoms with Crippen LogP contribution in [0.3, 0.4) is 0 Å². The van der Waals surface area contributed by atoms with E-state index in [4.69, 9.17) is 4.74 Å². The molecule has 160 valence electrons. The van der Waals surface area contributed by atoms with Gasteiger partial charge in [0.15, 0.2) is 0 Å². The third-order valence-electron chi connectivity index (χ3n) is 4.80. The highest BCUT2D eigenvalue weighted by Crippen LogP contribution is 2.17. The number of anilines is 1. The predicted octanol–water partition coefficient (Wildman–Crippen LogP) is 5.09. The summed E-state index contributed by atoms with van der Waals surface area (Å²) in [5, 5.41) is 5.74. The molecule has 0 aliphatic heterocycles. The summed E-state index contributed by atoms with van der Waals surface area (Å²) in [7, 11) is 0. The maximum Gasteiger partial charge on any atom is 0.255 e. The molecule has 0 saturated carbocycles. The highest BCUT2D eigenvalue weighted by Gasteiger charge is 2.10. The number of carbonyl (C=O) groups excluding carboxylic acids is 2. The predicted molar refractivity (Wildman–Crippen MR) is 124 cm³/mol. The van der Waals surface area contributed by atoms with E-state index in [0.717, 1.165) is 19.3 Å². The van der Waals surface area contributed by atoms with Crippen LogP contribution in [0.25, 0.3) is 0 Å². The highest BCUT2D eigenvalue weighted by molar-refractivity contribution is 6.05. The molecule has 3 aromatic rings. The van der Waals surface area contributed by atoms with Gasteiger partial charge in [-0.15, -0.1) is 0 Å². The number of nitrogens with one attached hydrogen (secondary N) is 2. The largest absolute Gasteiger partial charge is 0.493 e. The number of amides is 2. The zero-order valence-corrected chi connectivity index (χ0v) is 17.8. The molecule has 3 aromatic carbocycles. The van der Waals surface area contributed by atoms with Gasteiger partial charge in [0.25, 0.3) is 11.8 Å². The normalized spacial score (nSPS) is 10.4. The molecule has 0 unspecified atom stereocenters. The van der Waals surface area contributed by atoms with Gasteiger partial charge in [-0.3, -0.25) is 9.59 Å². The molecule has 0 aliphatic carbocycles. The van der Waals surface area contributed by atoms with Crippen molar-refractivity contribution in [2.24, 2.45) is 0 Å². The lowest BCUT2D eigenvalue weighted by molar-refractivity contribution is 0.0951. The molecule has 0 spiro atoms. The molecule has 5 nitrogen and oxygen atoms in total. The van der Waals surface area contributed by atoms with Crippen molar-refractivity contribution in [3.8, 4) is 5.75 Å². The number of carbonyl (C=O) groups is 2. The Morgan fingerprint density at radius 2 is 1.58 bits per heavy atom. The molecule has 2 amide bonds. The second kappa shape index (κ2) is 11.6. The molecule has 5 heteroatoms. The molecule has 0 saturated heterocycles. The van der Waals surface area contributed by atoms with Gasteiger partial charge in [0.05, 0.1) is 6.61 Å².